The number of halogens is 2. The summed E-state index contributed by atoms with van der Waals surface area (Å²) in [5.74, 6) is -1.54. The quantitative estimate of drug-likeness (QED) is 0.769. The highest BCUT2D eigenvalue weighted by Crippen LogP contribution is 2.21. The van der Waals surface area contributed by atoms with Gasteiger partial charge in [0, 0.05) is 11.1 Å². The lowest BCUT2D eigenvalue weighted by molar-refractivity contribution is 0.102. The molecule has 0 saturated heterocycles. The van der Waals surface area contributed by atoms with E-state index in [9.17, 15) is 14.0 Å². The third-order valence-electron chi connectivity index (χ3n) is 3.35. The monoisotopic (exact) mass is 351 g/mol. The molecule has 1 N–H and O–H groups in total. The average molecular weight is 352 g/mol. The van der Waals surface area contributed by atoms with Crippen molar-refractivity contribution in [3.05, 3.63) is 61.7 Å². The molecule has 0 bridgehead atoms. The van der Waals surface area contributed by atoms with Gasteiger partial charge >= 0.3 is 0 Å². The van der Waals surface area contributed by atoms with Crippen molar-refractivity contribution in [2.75, 3.05) is 5.32 Å². The molecule has 118 valence electrons. The molecule has 1 amide bonds. The van der Waals surface area contributed by atoms with Crippen LogP contribution >= 0.6 is 22.9 Å². The average Bonchev–Trinajstić information content (AvgIpc) is 2.84. The summed E-state index contributed by atoms with van der Waals surface area (Å²) in [7, 11) is 0. The zero-order valence-corrected chi connectivity index (χ0v) is 13.8. The normalized spacial score (nSPS) is 11.0. The topological polar surface area (TPSA) is 63.5 Å². The summed E-state index contributed by atoms with van der Waals surface area (Å²) < 4.78 is 15.2. The molecule has 0 aliphatic carbocycles. The second kappa shape index (κ2) is 5.75. The zero-order valence-electron chi connectivity index (χ0n) is 12.2. The lowest BCUT2D eigenvalue weighted by Crippen LogP contribution is -2.25. The van der Waals surface area contributed by atoms with Gasteiger partial charge < -0.3 is 5.32 Å². The van der Waals surface area contributed by atoms with E-state index < -0.39 is 17.3 Å². The van der Waals surface area contributed by atoms with E-state index in [-0.39, 0.29) is 16.3 Å². The van der Waals surface area contributed by atoms with Crippen LogP contribution in [0.4, 0.5) is 10.1 Å². The van der Waals surface area contributed by atoms with E-state index in [1.807, 2.05) is 0 Å². The summed E-state index contributed by atoms with van der Waals surface area (Å²) in [5.41, 5.74) is 0.361. The number of fused-ring (bicyclic) bond motifs is 1. The van der Waals surface area contributed by atoms with Crippen LogP contribution in [0.1, 0.15) is 21.7 Å². The van der Waals surface area contributed by atoms with Gasteiger partial charge in [0.05, 0.1) is 16.3 Å². The second-order valence-corrected chi connectivity index (χ2v) is 6.17. The van der Waals surface area contributed by atoms with Crippen LogP contribution in [0.5, 0.6) is 0 Å². The summed E-state index contributed by atoms with van der Waals surface area (Å²) in [6.45, 7) is 3.37. The lowest BCUT2D eigenvalue weighted by Gasteiger charge is -2.09. The summed E-state index contributed by atoms with van der Waals surface area (Å²) in [4.78, 5) is 29.7. The number of thiazole rings is 1. The van der Waals surface area contributed by atoms with Gasteiger partial charge in [-0.05, 0) is 26.0 Å². The molecule has 0 fully saturated rings. The predicted molar refractivity (Wildman–Crippen MR) is 88.2 cm³/mol. The highest BCUT2D eigenvalue weighted by atomic mass is 35.5. The molecule has 0 saturated carbocycles. The Morgan fingerprint density at radius 2 is 2.13 bits per heavy atom. The van der Waals surface area contributed by atoms with Gasteiger partial charge in [-0.15, -0.1) is 11.3 Å². The minimum atomic E-state index is -0.789. The maximum absolute atomic E-state index is 13.8. The van der Waals surface area contributed by atoms with Crippen molar-refractivity contribution in [3.63, 3.8) is 0 Å². The third kappa shape index (κ3) is 2.62. The third-order valence-corrected chi connectivity index (χ3v) is 4.61. The summed E-state index contributed by atoms with van der Waals surface area (Å²) >= 11 is 7.20. The number of rotatable bonds is 2. The molecular weight excluding hydrogens is 341 g/mol. The minimum absolute atomic E-state index is 0.00770. The molecular formula is C15H11ClFN3O2S. The van der Waals surface area contributed by atoms with Crippen LogP contribution in [0, 0.1) is 19.7 Å². The van der Waals surface area contributed by atoms with E-state index in [1.54, 1.807) is 19.2 Å². The standard InChI is InChI=1S/C15H11ClFN3O2S/c1-7-6-23-15-18-8(2)12(14(22)20(7)15)19-13(21)11-9(16)4-3-5-10(11)17/h3-6H,1-2H3,(H,19,21). The molecule has 0 spiro atoms. The molecule has 23 heavy (non-hydrogen) atoms. The number of anilines is 1. The van der Waals surface area contributed by atoms with Gasteiger partial charge in [0.2, 0.25) is 0 Å². The van der Waals surface area contributed by atoms with Gasteiger partial charge in [0.15, 0.2) is 4.96 Å². The van der Waals surface area contributed by atoms with Gasteiger partial charge in [-0.3, -0.25) is 14.0 Å². The largest absolute Gasteiger partial charge is 0.316 e. The van der Waals surface area contributed by atoms with Crippen molar-refractivity contribution in [1.29, 1.82) is 0 Å². The zero-order chi connectivity index (χ0) is 16.7. The number of carbonyl (C=O) groups is 1. The first-order valence-electron chi connectivity index (χ1n) is 6.63. The fraction of sp³-hybridized carbons (Fsp3) is 0.133. The second-order valence-electron chi connectivity index (χ2n) is 4.92. The number of hydrogen-bond acceptors (Lipinski definition) is 4. The number of nitrogens with one attached hydrogen (secondary N) is 1. The first-order chi connectivity index (χ1) is 10.9. The number of amides is 1. The maximum atomic E-state index is 13.8. The van der Waals surface area contributed by atoms with E-state index >= 15 is 0 Å². The van der Waals surface area contributed by atoms with E-state index in [2.05, 4.69) is 10.3 Å². The Labute approximate surface area is 139 Å². The van der Waals surface area contributed by atoms with Crippen LogP contribution in [-0.2, 0) is 0 Å². The van der Waals surface area contributed by atoms with Gasteiger partial charge in [0.25, 0.3) is 11.5 Å². The van der Waals surface area contributed by atoms with E-state index in [0.29, 0.717) is 16.3 Å². The molecule has 0 aliphatic rings. The van der Waals surface area contributed by atoms with Crippen molar-refractivity contribution >= 4 is 39.5 Å². The first kappa shape index (κ1) is 15.6. The molecule has 5 nitrogen and oxygen atoms in total. The van der Waals surface area contributed by atoms with Crippen molar-refractivity contribution < 1.29 is 9.18 Å². The molecule has 1 aromatic carbocycles. The fourth-order valence-corrected chi connectivity index (χ4v) is 3.37. The van der Waals surface area contributed by atoms with Crippen molar-refractivity contribution in [2.24, 2.45) is 0 Å². The number of aryl methyl sites for hydroxylation is 2. The van der Waals surface area contributed by atoms with Gasteiger partial charge in [0.1, 0.15) is 11.5 Å². The Morgan fingerprint density at radius 1 is 1.39 bits per heavy atom. The van der Waals surface area contributed by atoms with Crippen molar-refractivity contribution in [2.45, 2.75) is 13.8 Å². The highest BCUT2D eigenvalue weighted by molar-refractivity contribution is 7.15. The van der Waals surface area contributed by atoms with Gasteiger partial charge in [-0.2, -0.15) is 0 Å². The maximum Gasteiger partial charge on any atom is 0.282 e. The Morgan fingerprint density at radius 3 is 2.83 bits per heavy atom. The van der Waals surface area contributed by atoms with Crippen LogP contribution in [0.3, 0.4) is 0 Å². The highest BCUT2D eigenvalue weighted by Gasteiger charge is 2.20. The van der Waals surface area contributed by atoms with Gasteiger partial charge in [-0.1, -0.05) is 17.7 Å². The number of carbonyl (C=O) groups excluding carboxylic acids is 1. The summed E-state index contributed by atoms with van der Waals surface area (Å²) in [6, 6.07) is 3.94. The van der Waals surface area contributed by atoms with Crippen LogP contribution in [0.2, 0.25) is 5.02 Å². The molecule has 0 aliphatic heterocycles. The number of aromatic nitrogens is 2. The number of benzene rings is 1. The van der Waals surface area contributed by atoms with Gasteiger partial charge in [-0.25, -0.2) is 9.37 Å². The smallest absolute Gasteiger partial charge is 0.282 e. The SMILES string of the molecule is Cc1nc2scc(C)n2c(=O)c1NC(=O)c1c(F)cccc1Cl. The lowest BCUT2D eigenvalue weighted by atomic mass is 10.2. The van der Waals surface area contributed by atoms with E-state index in [1.165, 1.54) is 27.9 Å². The van der Waals surface area contributed by atoms with E-state index in [0.717, 1.165) is 6.07 Å². The Bertz CT molecular complexity index is 976. The summed E-state index contributed by atoms with van der Waals surface area (Å²) in [6.07, 6.45) is 0. The first-order valence-corrected chi connectivity index (χ1v) is 7.88. The molecule has 0 radical (unpaired) electrons. The van der Waals surface area contributed by atoms with Crippen LogP contribution in [0.25, 0.3) is 4.96 Å². The van der Waals surface area contributed by atoms with Crippen LogP contribution in [-0.4, -0.2) is 15.3 Å². The minimum Gasteiger partial charge on any atom is -0.316 e. The molecule has 0 atom stereocenters. The predicted octanol–water partition coefficient (Wildman–Crippen LogP) is 3.42. The molecule has 2 heterocycles. The molecule has 2 aromatic heterocycles. The molecule has 8 heteroatoms. The van der Waals surface area contributed by atoms with Crippen LogP contribution in [0.15, 0.2) is 28.4 Å². The Hall–Kier alpha value is -2.25. The molecule has 3 rings (SSSR count). The molecule has 3 aromatic rings. The number of hydrogen-bond donors (Lipinski definition) is 1. The Balaban J connectivity index is 2.10. The summed E-state index contributed by atoms with van der Waals surface area (Å²) in [5, 5.41) is 4.20. The van der Waals surface area contributed by atoms with Crippen molar-refractivity contribution in [3.8, 4) is 0 Å². The fourth-order valence-electron chi connectivity index (χ4n) is 2.22. The molecule has 0 unspecified atom stereocenters. The van der Waals surface area contributed by atoms with Crippen molar-refractivity contribution in [1.82, 2.24) is 9.38 Å². The van der Waals surface area contributed by atoms with E-state index in [4.69, 9.17) is 11.6 Å². The Kier molecular flexibility index (Phi) is 3.91. The number of nitrogens with zero attached hydrogens (tertiary/aromatic N) is 2. The van der Waals surface area contributed by atoms with Crippen LogP contribution < -0.4 is 10.9 Å².